The minimum atomic E-state index is -2.62. The van der Waals surface area contributed by atoms with Crippen LogP contribution in [0.2, 0.25) is 0 Å². The third-order valence-corrected chi connectivity index (χ3v) is 4.53. The maximum absolute atomic E-state index is 13.6. The van der Waals surface area contributed by atoms with Gasteiger partial charge in [0, 0.05) is 50.3 Å². The van der Waals surface area contributed by atoms with Gasteiger partial charge in [0.1, 0.15) is 12.0 Å². The van der Waals surface area contributed by atoms with Crippen molar-refractivity contribution in [1.82, 2.24) is 4.90 Å². The molecule has 152 valence electrons. The van der Waals surface area contributed by atoms with Gasteiger partial charge >= 0.3 is 0 Å². The number of aldehydes is 1. The Kier molecular flexibility index (Phi) is 8.29. The van der Waals surface area contributed by atoms with E-state index in [-0.39, 0.29) is 19.4 Å². The molecular weight excluding hydrogens is 364 g/mol. The van der Waals surface area contributed by atoms with Crippen molar-refractivity contribution < 1.29 is 18.3 Å². The van der Waals surface area contributed by atoms with E-state index < -0.39 is 5.92 Å². The Labute approximate surface area is 164 Å². The number of ether oxygens (including phenoxy) is 1. The van der Waals surface area contributed by atoms with E-state index in [4.69, 9.17) is 4.74 Å². The summed E-state index contributed by atoms with van der Waals surface area (Å²) in [5, 5.41) is 0. The normalized spacial score (nSPS) is 17.9. The van der Waals surface area contributed by atoms with Crippen LogP contribution in [0.15, 0.2) is 34.4 Å². The van der Waals surface area contributed by atoms with Crippen molar-refractivity contribution >= 4 is 24.5 Å². The number of benzene rings is 1. The Balaban J connectivity index is 2.19. The summed E-state index contributed by atoms with van der Waals surface area (Å²) in [4.78, 5) is 21.0. The van der Waals surface area contributed by atoms with Crippen molar-refractivity contribution in [3.63, 3.8) is 0 Å². The Bertz CT molecular complexity index is 745. The quantitative estimate of drug-likeness (QED) is 0.411. The summed E-state index contributed by atoms with van der Waals surface area (Å²) in [6.07, 6.45) is 7.12. The zero-order valence-corrected chi connectivity index (χ0v) is 16.4. The molecule has 28 heavy (non-hydrogen) atoms. The lowest BCUT2D eigenvalue weighted by molar-refractivity contribution is -0.107. The van der Waals surface area contributed by atoms with Crippen molar-refractivity contribution in [2.75, 3.05) is 20.2 Å². The number of likely N-dealkylation sites (tertiary alicyclic amines) is 1. The van der Waals surface area contributed by atoms with Gasteiger partial charge in [-0.25, -0.2) is 18.8 Å². The van der Waals surface area contributed by atoms with Crippen molar-refractivity contribution in [2.24, 2.45) is 9.98 Å². The number of alkyl halides is 2. The smallest absolute Gasteiger partial charge is 0.249 e. The lowest BCUT2D eigenvalue weighted by Crippen LogP contribution is -2.31. The average molecular weight is 391 g/mol. The number of halogens is 2. The molecule has 1 aromatic carbocycles. The van der Waals surface area contributed by atoms with Gasteiger partial charge in [-0.05, 0) is 43.5 Å². The van der Waals surface area contributed by atoms with Gasteiger partial charge in [-0.1, -0.05) is 6.07 Å². The van der Waals surface area contributed by atoms with Crippen LogP contribution in [0.3, 0.4) is 0 Å². The second-order valence-electron chi connectivity index (χ2n) is 6.61. The molecule has 0 atom stereocenters. The first-order chi connectivity index (χ1) is 13.5. The molecule has 0 radical (unpaired) electrons. The summed E-state index contributed by atoms with van der Waals surface area (Å²) in [6.45, 7) is 2.50. The molecule has 0 amide bonds. The highest BCUT2D eigenvalue weighted by molar-refractivity contribution is 5.88. The van der Waals surface area contributed by atoms with Crippen LogP contribution in [0, 0.1) is 0 Å². The molecule has 0 aromatic heterocycles. The van der Waals surface area contributed by atoms with E-state index in [9.17, 15) is 13.6 Å². The van der Waals surface area contributed by atoms with Crippen LogP contribution in [-0.2, 0) is 11.2 Å². The lowest BCUT2D eigenvalue weighted by Gasteiger charge is -2.21. The molecule has 1 aliphatic rings. The second kappa shape index (κ2) is 10.7. The van der Waals surface area contributed by atoms with Crippen molar-refractivity contribution in [1.29, 1.82) is 0 Å². The second-order valence-corrected chi connectivity index (χ2v) is 6.61. The van der Waals surface area contributed by atoms with Crippen molar-refractivity contribution in [3.8, 4) is 5.75 Å². The van der Waals surface area contributed by atoms with Crippen molar-refractivity contribution in [2.45, 2.75) is 45.0 Å². The van der Waals surface area contributed by atoms with Crippen LogP contribution in [-0.4, -0.2) is 49.5 Å². The fourth-order valence-electron chi connectivity index (χ4n) is 3.06. The van der Waals surface area contributed by atoms with Gasteiger partial charge in [-0.2, -0.15) is 0 Å². The van der Waals surface area contributed by atoms with E-state index in [0.29, 0.717) is 37.5 Å². The van der Waals surface area contributed by atoms with Gasteiger partial charge in [0.2, 0.25) is 11.9 Å². The number of carbonyl (C=O) groups excluding carboxylic acids is 1. The molecule has 0 N–H and O–H groups in total. The zero-order valence-electron chi connectivity index (χ0n) is 16.4. The van der Waals surface area contributed by atoms with Crippen LogP contribution < -0.4 is 4.74 Å². The minimum Gasteiger partial charge on any atom is -0.496 e. The summed E-state index contributed by atoms with van der Waals surface area (Å²) >= 11 is 0. The predicted molar refractivity (Wildman–Crippen MR) is 108 cm³/mol. The largest absolute Gasteiger partial charge is 0.496 e. The van der Waals surface area contributed by atoms with E-state index in [1.165, 1.54) is 0 Å². The molecule has 2 rings (SSSR count). The highest BCUT2D eigenvalue weighted by Crippen LogP contribution is 2.28. The number of methoxy groups -OCH3 is 1. The molecule has 0 spiro atoms. The van der Waals surface area contributed by atoms with Gasteiger partial charge in [0.05, 0.1) is 7.11 Å². The predicted octanol–water partition coefficient (Wildman–Crippen LogP) is 4.37. The maximum Gasteiger partial charge on any atom is 0.249 e. The zero-order chi connectivity index (χ0) is 20.4. The van der Waals surface area contributed by atoms with Gasteiger partial charge in [0.25, 0.3) is 0 Å². The van der Waals surface area contributed by atoms with Crippen LogP contribution in [0.5, 0.6) is 5.75 Å². The van der Waals surface area contributed by atoms with Crippen LogP contribution in [0.4, 0.5) is 8.78 Å². The van der Waals surface area contributed by atoms with Crippen LogP contribution >= 0.6 is 0 Å². The molecular formula is C21H27F2N3O2. The first kappa shape index (κ1) is 21.7. The standard InChI is InChI=1S/C21H27F2N3O2/c1-3-24-20(26-13-5-10-21(22,23)11-14-26)25-12-9-18-16-17(6-4-15-27)7-8-19(18)28-2/h3,7-9,12,15-16H,4-6,10-11,13-14H2,1-2H3/b12-9+,24-3+,25-20-. The van der Waals surface area contributed by atoms with Crippen LogP contribution in [0.25, 0.3) is 6.08 Å². The summed E-state index contributed by atoms with van der Waals surface area (Å²) in [5.74, 6) is -1.51. The summed E-state index contributed by atoms with van der Waals surface area (Å²) in [5.41, 5.74) is 1.86. The van der Waals surface area contributed by atoms with Gasteiger partial charge < -0.3 is 14.4 Å². The number of hydrogen-bond donors (Lipinski definition) is 0. The molecule has 0 unspecified atom stereocenters. The lowest BCUT2D eigenvalue weighted by atomic mass is 10.1. The topological polar surface area (TPSA) is 54.3 Å². The number of carbonyl (C=O) groups is 1. The Morgan fingerprint density at radius 1 is 1.32 bits per heavy atom. The number of rotatable bonds is 6. The molecule has 0 saturated carbocycles. The first-order valence-electron chi connectivity index (χ1n) is 9.45. The van der Waals surface area contributed by atoms with E-state index in [1.807, 2.05) is 18.2 Å². The van der Waals surface area contributed by atoms with Crippen molar-refractivity contribution in [3.05, 3.63) is 35.5 Å². The van der Waals surface area contributed by atoms with Crippen LogP contribution in [0.1, 0.15) is 43.7 Å². The Morgan fingerprint density at radius 3 is 2.86 bits per heavy atom. The molecule has 0 aliphatic carbocycles. The fraction of sp³-hybridized carbons (Fsp3) is 0.476. The summed E-state index contributed by atoms with van der Waals surface area (Å²) in [6, 6.07) is 5.72. The molecule has 0 bridgehead atoms. The fourth-order valence-corrected chi connectivity index (χ4v) is 3.06. The monoisotopic (exact) mass is 391 g/mol. The van der Waals surface area contributed by atoms with Gasteiger partial charge in [-0.15, -0.1) is 0 Å². The number of aliphatic imine (C=N–C) groups is 2. The SMILES string of the molecule is C/C=N/C(=N/C=C/c1cc(CCC=O)ccc1OC)N1CCCC(F)(F)CC1. The average Bonchev–Trinajstić information content (AvgIpc) is 2.86. The molecule has 1 aliphatic heterocycles. The summed E-state index contributed by atoms with van der Waals surface area (Å²) in [7, 11) is 1.59. The number of hydrogen-bond acceptors (Lipinski definition) is 3. The van der Waals surface area contributed by atoms with E-state index in [1.54, 1.807) is 37.4 Å². The third kappa shape index (κ3) is 6.55. The van der Waals surface area contributed by atoms with E-state index in [2.05, 4.69) is 9.98 Å². The summed E-state index contributed by atoms with van der Waals surface area (Å²) < 4.78 is 32.6. The number of nitrogens with zero attached hydrogens (tertiary/aromatic N) is 3. The Hall–Kier alpha value is -2.57. The van der Waals surface area contributed by atoms with Gasteiger partial charge in [0.15, 0.2) is 0 Å². The molecule has 1 aromatic rings. The highest BCUT2D eigenvalue weighted by atomic mass is 19.3. The molecule has 5 nitrogen and oxygen atoms in total. The number of guanidine groups is 1. The maximum atomic E-state index is 13.6. The number of aryl methyl sites for hydroxylation is 1. The molecule has 1 fully saturated rings. The van der Waals surface area contributed by atoms with E-state index >= 15 is 0 Å². The Morgan fingerprint density at radius 2 is 2.14 bits per heavy atom. The molecule has 7 heteroatoms. The highest BCUT2D eigenvalue weighted by Gasteiger charge is 2.32. The first-order valence-corrected chi connectivity index (χ1v) is 9.45. The third-order valence-electron chi connectivity index (χ3n) is 4.53. The molecule has 1 saturated heterocycles. The van der Waals surface area contributed by atoms with Gasteiger partial charge in [-0.3, -0.25) is 0 Å². The van der Waals surface area contributed by atoms with E-state index in [0.717, 1.165) is 17.4 Å². The molecule has 1 heterocycles. The minimum absolute atomic E-state index is 0.104.